The summed E-state index contributed by atoms with van der Waals surface area (Å²) in [4.78, 5) is 4.74. The Hall–Kier alpha value is -1.56. The van der Waals surface area contributed by atoms with Crippen LogP contribution in [0.15, 0.2) is 45.7 Å². The molecule has 0 aliphatic rings. The maximum absolute atomic E-state index is 12.4. The van der Waals surface area contributed by atoms with Crippen LogP contribution < -0.4 is 5.73 Å². The second kappa shape index (κ2) is 5.67. The molecule has 1 atom stereocenters. The van der Waals surface area contributed by atoms with Crippen molar-refractivity contribution in [2.24, 2.45) is 0 Å². The van der Waals surface area contributed by atoms with Crippen molar-refractivity contribution in [3.63, 3.8) is 0 Å². The Labute approximate surface area is 133 Å². The summed E-state index contributed by atoms with van der Waals surface area (Å²) in [5.41, 5.74) is 7.53. The van der Waals surface area contributed by atoms with E-state index in [0.29, 0.717) is 37.6 Å². The molecular weight excluding hydrogens is 331 g/mol. The molecular formula is C14H10Cl2N2O2S. The number of aromatic nitrogens is 1. The number of fused-ring (bicyclic) bond motifs is 1. The molecule has 7 heteroatoms. The van der Waals surface area contributed by atoms with Crippen LogP contribution in [0.5, 0.6) is 0 Å². The molecule has 0 amide bonds. The predicted molar refractivity (Wildman–Crippen MR) is 85.0 cm³/mol. The number of rotatable bonds is 3. The molecule has 2 N–H and O–H groups in total. The summed E-state index contributed by atoms with van der Waals surface area (Å²) in [5.74, 6) is 0.485. The van der Waals surface area contributed by atoms with Crippen LogP contribution in [0.2, 0.25) is 10.0 Å². The van der Waals surface area contributed by atoms with E-state index >= 15 is 0 Å². The molecule has 0 radical (unpaired) electrons. The van der Waals surface area contributed by atoms with Gasteiger partial charge in [0.05, 0.1) is 20.7 Å². The van der Waals surface area contributed by atoms with E-state index in [1.165, 1.54) is 0 Å². The van der Waals surface area contributed by atoms with E-state index in [0.717, 1.165) is 0 Å². The van der Waals surface area contributed by atoms with Crippen LogP contribution in [-0.4, -0.2) is 9.19 Å². The van der Waals surface area contributed by atoms with E-state index in [1.807, 2.05) is 0 Å². The first-order valence-electron chi connectivity index (χ1n) is 6.01. The van der Waals surface area contributed by atoms with E-state index < -0.39 is 10.8 Å². The Kier molecular flexibility index (Phi) is 3.89. The second-order valence-electron chi connectivity index (χ2n) is 4.40. The molecule has 1 aromatic heterocycles. The zero-order chi connectivity index (χ0) is 15.0. The second-order valence-corrected chi connectivity index (χ2v) is 6.66. The third-order valence-corrected chi connectivity index (χ3v) is 4.86. The van der Waals surface area contributed by atoms with Crippen LogP contribution in [0.4, 0.5) is 5.69 Å². The van der Waals surface area contributed by atoms with Crippen molar-refractivity contribution in [2.75, 3.05) is 5.73 Å². The molecule has 0 saturated heterocycles. The molecule has 1 unspecified atom stereocenters. The van der Waals surface area contributed by atoms with Gasteiger partial charge in [-0.05, 0) is 36.4 Å². The van der Waals surface area contributed by atoms with E-state index in [1.54, 1.807) is 36.4 Å². The van der Waals surface area contributed by atoms with Crippen LogP contribution in [-0.2, 0) is 16.6 Å². The van der Waals surface area contributed by atoms with Crippen molar-refractivity contribution in [3.05, 3.63) is 52.3 Å². The molecule has 0 aliphatic heterocycles. The lowest BCUT2D eigenvalue weighted by Crippen LogP contribution is -1.97. The van der Waals surface area contributed by atoms with Crippen LogP contribution >= 0.6 is 23.2 Å². The average Bonchev–Trinajstić information content (AvgIpc) is 2.82. The van der Waals surface area contributed by atoms with Crippen LogP contribution in [0.1, 0.15) is 5.89 Å². The summed E-state index contributed by atoms with van der Waals surface area (Å²) < 4.78 is 17.9. The van der Waals surface area contributed by atoms with Gasteiger partial charge in [-0.15, -0.1) is 0 Å². The predicted octanol–water partition coefficient (Wildman–Crippen LogP) is 4.02. The van der Waals surface area contributed by atoms with Crippen molar-refractivity contribution in [3.8, 4) is 0 Å². The first kappa shape index (κ1) is 14.4. The van der Waals surface area contributed by atoms with E-state index in [4.69, 9.17) is 33.4 Å². The number of benzene rings is 2. The highest BCUT2D eigenvalue weighted by molar-refractivity contribution is 7.84. The molecule has 3 rings (SSSR count). The molecule has 0 bridgehead atoms. The summed E-state index contributed by atoms with van der Waals surface area (Å²) >= 11 is 11.9. The fourth-order valence-corrected chi connectivity index (χ4v) is 3.56. The molecule has 1 heterocycles. The van der Waals surface area contributed by atoms with Gasteiger partial charge in [0, 0.05) is 10.7 Å². The number of hydrogen-bond acceptors (Lipinski definition) is 4. The fourth-order valence-electron chi connectivity index (χ4n) is 1.90. The molecule has 4 nitrogen and oxygen atoms in total. The first-order valence-corrected chi connectivity index (χ1v) is 8.09. The lowest BCUT2D eigenvalue weighted by Gasteiger charge is -2.03. The fraction of sp³-hybridized carbons (Fsp3) is 0.0714. The standard InChI is InChI=1S/C14H10Cl2N2O2S/c15-8-1-3-10(16)13(5-8)21(19)7-14-18-11-6-9(17)2-4-12(11)20-14/h1-6H,7,17H2. The number of halogens is 2. The number of nitrogens with zero attached hydrogens (tertiary/aromatic N) is 1. The molecule has 21 heavy (non-hydrogen) atoms. The Bertz CT molecular complexity index is 848. The van der Waals surface area contributed by atoms with Gasteiger partial charge in [0.1, 0.15) is 11.3 Å². The first-order chi connectivity index (χ1) is 10.0. The normalized spacial score (nSPS) is 12.7. The summed E-state index contributed by atoms with van der Waals surface area (Å²) in [6.07, 6.45) is 0. The zero-order valence-electron chi connectivity index (χ0n) is 10.7. The van der Waals surface area contributed by atoms with E-state index in [2.05, 4.69) is 4.98 Å². The Morgan fingerprint density at radius 2 is 2.00 bits per heavy atom. The van der Waals surface area contributed by atoms with Crippen LogP contribution in [0, 0.1) is 0 Å². The van der Waals surface area contributed by atoms with Crippen LogP contribution in [0.25, 0.3) is 11.1 Å². The summed E-state index contributed by atoms with van der Waals surface area (Å²) in [5, 5.41) is 0.881. The molecule has 0 spiro atoms. The van der Waals surface area contributed by atoms with Gasteiger partial charge in [-0.2, -0.15) is 0 Å². The van der Waals surface area contributed by atoms with Crippen molar-refractivity contribution >= 4 is 50.8 Å². The maximum atomic E-state index is 12.4. The minimum absolute atomic E-state index is 0.120. The van der Waals surface area contributed by atoms with Gasteiger partial charge in [0.2, 0.25) is 5.89 Å². The summed E-state index contributed by atoms with van der Waals surface area (Å²) in [7, 11) is -1.39. The van der Waals surface area contributed by atoms with Gasteiger partial charge in [-0.25, -0.2) is 4.98 Å². The van der Waals surface area contributed by atoms with Gasteiger partial charge < -0.3 is 10.2 Å². The third kappa shape index (κ3) is 3.05. The maximum Gasteiger partial charge on any atom is 0.208 e. The zero-order valence-corrected chi connectivity index (χ0v) is 13.0. The molecule has 3 aromatic rings. The highest BCUT2D eigenvalue weighted by Gasteiger charge is 2.14. The summed E-state index contributed by atoms with van der Waals surface area (Å²) in [6.45, 7) is 0. The third-order valence-electron chi connectivity index (χ3n) is 2.85. The highest BCUT2D eigenvalue weighted by atomic mass is 35.5. The highest BCUT2D eigenvalue weighted by Crippen LogP contribution is 2.26. The number of oxazole rings is 1. The van der Waals surface area contributed by atoms with Gasteiger partial charge in [0.25, 0.3) is 0 Å². The number of nitrogen functional groups attached to an aromatic ring is 1. The monoisotopic (exact) mass is 340 g/mol. The van der Waals surface area contributed by atoms with Crippen molar-refractivity contribution < 1.29 is 8.63 Å². The van der Waals surface area contributed by atoms with Crippen molar-refractivity contribution in [1.82, 2.24) is 4.98 Å². The quantitative estimate of drug-likeness (QED) is 0.731. The lowest BCUT2D eigenvalue weighted by molar-refractivity contribution is 0.552. The minimum atomic E-state index is -1.39. The molecule has 0 aliphatic carbocycles. The number of hydrogen-bond donors (Lipinski definition) is 1. The largest absolute Gasteiger partial charge is 0.440 e. The van der Waals surface area contributed by atoms with E-state index in [-0.39, 0.29) is 5.75 Å². The number of nitrogens with two attached hydrogens (primary N) is 1. The average molecular weight is 341 g/mol. The Morgan fingerprint density at radius 3 is 2.81 bits per heavy atom. The van der Waals surface area contributed by atoms with Gasteiger partial charge >= 0.3 is 0 Å². The SMILES string of the molecule is Nc1ccc2oc(CS(=O)c3cc(Cl)ccc3Cl)nc2c1. The molecule has 108 valence electrons. The van der Waals surface area contributed by atoms with E-state index in [9.17, 15) is 4.21 Å². The van der Waals surface area contributed by atoms with Gasteiger partial charge in [0.15, 0.2) is 5.58 Å². The molecule has 2 aromatic carbocycles. The molecule has 0 saturated carbocycles. The lowest BCUT2D eigenvalue weighted by atomic mass is 10.3. The van der Waals surface area contributed by atoms with Gasteiger partial charge in [-0.3, -0.25) is 4.21 Å². The number of anilines is 1. The smallest absolute Gasteiger partial charge is 0.208 e. The van der Waals surface area contributed by atoms with Crippen molar-refractivity contribution in [1.29, 1.82) is 0 Å². The van der Waals surface area contributed by atoms with Crippen molar-refractivity contribution in [2.45, 2.75) is 10.6 Å². The topological polar surface area (TPSA) is 69.1 Å². The Morgan fingerprint density at radius 1 is 1.19 bits per heavy atom. The molecule has 0 fully saturated rings. The van der Waals surface area contributed by atoms with Crippen LogP contribution in [0.3, 0.4) is 0 Å². The Balaban J connectivity index is 1.90. The minimum Gasteiger partial charge on any atom is -0.440 e. The summed E-state index contributed by atoms with van der Waals surface area (Å²) in [6, 6.07) is 10.0. The van der Waals surface area contributed by atoms with Gasteiger partial charge in [-0.1, -0.05) is 23.2 Å².